The molecule has 0 spiro atoms. The van der Waals surface area contributed by atoms with E-state index >= 15 is 0 Å². The van der Waals surface area contributed by atoms with Crippen LogP contribution in [0.1, 0.15) is 4.88 Å². The molecule has 14 heavy (non-hydrogen) atoms. The quantitative estimate of drug-likeness (QED) is 0.660. The van der Waals surface area contributed by atoms with Crippen molar-refractivity contribution in [1.82, 2.24) is 0 Å². The second-order valence-electron chi connectivity index (χ2n) is 2.91. The molecule has 1 aromatic heterocycles. The Morgan fingerprint density at radius 1 is 1.64 bits per heavy atom. The fraction of sp³-hybridized carbons (Fsp3) is 0.444. The number of rotatable bonds is 6. The van der Waals surface area contributed by atoms with E-state index in [-0.39, 0.29) is 6.61 Å². The van der Waals surface area contributed by atoms with Crippen molar-refractivity contribution in [3.8, 4) is 0 Å². The Balaban J connectivity index is 2.08. The van der Waals surface area contributed by atoms with Crippen molar-refractivity contribution >= 4 is 17.2 Å². The topological polar surface area (TPSA) is 78.3 Å². The molecule has 0 aliphatic carbocycles. The standard InChI is InChI=1S/C9H14N2O2S/c10-8(9(11)12)6-13-4-3-7-2-1-5-14-7/h1-2,5,8H,3-4,6,10H2,(H2,11,12). The van der Waals surface area contributed by atoms with Crippen molar-refractivity contribution in [2.75, 3.05) is 13.2 Å². The van der Waals surface area contributed by atoms with E-state index in [2.05, 4.69) is 0 Å². The SMILES string of the molecule is NC(=O)C(N)COCCc1cccs1. The van der Waals surface area contributed by atoms with Gasteiger partial charge in [0.05, 0.1) is 13.2 Å². The number of nitrogens with two attached hydrogens (primary N) is 2. The number of carbonyl (C=O) groups excluding carboxylic acids is 1. The summed E-state index contributed by atoms with van der Waals surface area (Å²) in [5.41, 5.74) is 10.3. The molecule has 1 amide bonds. The molecule has 0 aliphatic rings. The van der Waals surface area contributed by atoms with Crippen LogP contribution in [-0.2, 0) is 16.0 Å². The molecule has 0 radical (unpaired) electrons. The Bertz CT molecular complexity index is 274. The van der Waals surface area contributed by atoms with Crippen LogP contribution < -0.4 is 11.5 Å². The summed E-state index contributed by atoms with van der Waals surface area (Å²) in [4.78, 5) is 11.8. The Labute approximate surface area is 86.9 Å². The summed E-state index contributed by atoms with van der Waals surface area (Å²) in [5, 5.41) is 2.02. The molecule has 4 nitrogen and oxygen atoms in total. The van der Waals surface area contributed by atoms with Crippen LogP contribution in [0.4, 0.5) is 0 Å². The molecule has 1 aromatic rings. The van der Waals surface area contributed by atoms with Crippen LogP contribution in [0.25, 0.3) is 0 Å². The smallest absolute Gasteiger partial charge is 0.236 e. The van der Waals surface area contributed by atoms with Crippen LogP contribution in [-0.4, -0.2) is 25.2 Å². The van der Waals surface area contributed by atoms with E-state index in [0.717, 1.165) is 6.42 Å². The van der Waals surface area contributed by atoms with E-state index in [1.54, 1.807) is 11.3 Å². The van der Waals surface area contributed by atoms with Crippen LogP contribution >= 0.6 is 11.3 Å². The van der Waals surface area contributed by atoms with E-state index in [9.17, 15) is 4.79 Å². The van der Waals surface area contributed by atoms with Gasteiger partial charge in [-0.3, -0.25) is 4.79 Å². The Morgan fingerprint density at radius 2 is 2.43 bits per heavy atom. The molecular formula is C9H14N2O2S. The van der Waals surface area contributed by atoms with E-state index in [4.69, 9.17) is 16.2 Å². The van der Waals surface area contributed by atoms with Gasteiger partial charge in [0, 0.05) is 11.3 Å². The first-order valence-electron chi connectivity index (χ1n) is 4.35. The van der Waals surface area contributed by atoms with Gasteiger partial charge in [-0.2, -0.15) is 0 Å². The maximum atomic E-state index is 10.5. The molecule has 0 bridgehead atoms. The van der Waals surface area contributed by atoms with E-state index < -0.39 is 11.9 Å². The van der Waals surface area contributed by atoms with E-state index in [1.807, 2.05) is 17.5 Å². The Kier molecular flexibility index (Phi) is 4.58. The van der Waals surface area contributed by atoms with Crippen molar-refractivity contribution in [2.24, 2.45) is 11.5 Å². The fourth-order valence-electron chi connectivity index (χ4n) is 0.920. The lowest BCUT2D eigenvalue weighted by Crippen LogP contribution is -2.40. The molecule has 0 fully saturated rings. The van der Waals surface area contributed by atoms with Gasteiger partial charge in [-0.15, -0.1) is 11.3 Å². The van der Waals surface area contributed by atoms with E-state index in [0.29, 0.717) is 6.61 Å². The van der Waals surface area contributed by atoms with Crippen LogP contribution in [0.15, 0.2) is 17.5 Å². The van der Waals surface area contributed by atoms with Gasteiger partial charge in [0.1, 0.15) is 6.04 Å². The van der Waals surface area contributed by atoms with Gasteiger partial charge in [0.2, 0.25) is 5.91 Å². The molecule has 1 atom stereocenters. The lowest BCUT2D eigenvalue weighted by Gasteiger charge is -2.07. The molecule has 0 aliphatic heterocycles. The lowest BCUT2D eigenvalue weighted by atomic mass is 10.3. The highest BCUT2D eigenvalue weighted by Gasteiger charge is 2.08. The van der Waals surface area contributed by atoms with Crippen molar-refractivity contribution < 1.29 is 9.53 Å². The average Bonchev–Trinajstić information content (AvgIpc) is 2.64. The monoisotopic (exact) mass is 214 g/mol. The number of thiophene rings is 1. The van der Waals surface area contributed by atoms with Gasteiger partial charge in [-0.25, -0.2) is 0 Å². The second-order valence-corrected chi connectivity index (χ2v) is 3.95. The minimum Gasteiger partial charge on any atom is -0.379 e. The van der Waals surface area contributed by atoms with Gasteiger partial charge >= 0.3 is 0 Å². The largest absolute Gasteiger partial charge is 0.379 e. The highest BCUT2D eigenvalue weighted by atomic mass is 32.1. The van der Waals surface area contributed by atoms with Crippen molar-refractivity contribution in [2.45, 2.75) is 12.5 Å². The van der Waals surface area contributed by atoms with E-state index in [1.165, 1.54) is 4.88 Å². The zero-order valence-electron chi connectivity index (χ0n) is 7.81. The minimum atomic E-state index is -0.696. The predicted octanol–water partition coefficient (Wildman–Crippen LogP) is 0.120. The molecule has 5 heteroatoms. The summed E-state index contributed by atoms with van der Waals surface area (Å²) in [6, 6.07) is 3.34. The highest BCUT2D eigenvalue weighted by Crippen LogP contribution is 2.08. The third-order valence-corrected chi connectivity index (χ3v) is 2.67. The molecule has 4 N–H and O–H groups in total. The molecule has 0 saturated heterocycles. The summed E-state index contributed by atoms with van der Waals surface area (Å²) < 4.78 is 5.21. The molecule has 0 saturated carbocycles. The second kappa shape index (κ2) is 5.74. The maximum absolute atomic E-state index is 10.5. The third-order valence-electron chi connectivity index (χ3n) is 1.74. The van der Waals surface area contributed by atoms with Crippen LogP contribution in [0.2, 0.25) is 0 Å². The number of ether oxygens (including phenoxy) is 1. The number of primary amides is 1. The first kappa shape index (κ1) is 11.2. The van der Waals surface area contributed by atoms with Crippen molar-refractivity contribution in [1.29, 1.82) is 0 Å². The third kappa shape index (κ3) is 3.87. The van der Waals surface area contributed by atoms with Gasteiger partial charge in [0.25, 0.3) is 0 Å². The Morgan fingerprint density at radius 3 is 3.00 bits per heavy atom. The first-order chi connectivity index (χ1) is 6.70. The summed E-state index contributed by atoms with van der Waals surface area (Å²) in [6.07, 6.45) is 0.850. The highest BCUT2D eigenvalue weighted by molar-refractivity contribution is 7.09. The van der Waals surface area contributed by atoms with Gasteiger partial charge in [0.15, 0.2) is 0 Å². The average molecular weight is 214 g/mol. The van der Waals surface area contributed by atoms with Crippen LogP contribution in [0.5, 0.6) is 0 Å². The number of amides is 1. The maximum Gasteiger partial charge on any atom is 0.236 e. The molecule has 0 aromatic carbocycles. The first-order valence-corrected chi connectivity index (χ1v) is 5.23. The van der Waals surface area contributed by atoms with Gasteiger partial charge < -0.3 is 16.2 Å². The molecule has 1 heterocycles. The summed E-state index contributed by atoms with van der Waals surface area (Å²) >= 11 is 1.69. The molecular weight excluding hydrogens is 200 g/mol. The lowest BCUT2D eigenvalue weighted by molar-refractivity contribution is -0.120. The minimum absolute atomic E-state index is 0.195. The summed E-state index contributed by atoms with van der Waals surface area (Å²) in [5.74, 6) is -0.527. The van der Waals surface area contributed by atoms with Crippen molar-refractivity contribution in [3.05, 3.63) is 22.4 Å². The fourth-order valence-corrected chi connectivity index (χ4v) is 1.61. The normalized spacial score (nSPS) is 12.6. The number of hydrogen-bond acceptors (Lipinski definition) is 4. The molecule has 78 valence electrons. The van der Waals surface area contributed by atoms with Crippen molar-refractivity contribution in [3.63, 3.8) is 0 Å². The van der Waals surface area contributed by atoms with Crippen LogP contribution in [0, 0.1) is 0 Å². The number of carbonyl (C=O) groups is 1. The summed E-state index contributed by atoms with van der Waals surface area (Å²) in [6.45, 7) is 0.766. The number of hydrogen-bond donors (Lipinski definition) is 2. The predicted molar refractivity (Wildman–Crippen MR) is 56.0 cm³/mol. The molecule has 1 unspecified atom stereocenters. The van der Waals surface area contributed by atoms with Crippen LogP contribution in [0.3, 0.4) is 0 Å². The zero-order chi connectivity index (χ0) is 10.4. The molecule has 1 rings (SSSR count). The van der Waals surface area contributed by atoms with Gasteiger partial charge in [-0.1, -0.05) is 6.07 Å². The summed E-state index contributed by atoms with van der Waals surface area (Å²) in [7, 11) is 0. The Hall–Kier alpha value is -0.910. The zero-order valence-corrected chi connectivity index (χ0v) is 8.63. The van der Waals surface area contributed by atoms with Gasteiger partial charge in [-0.05, 0) is 11.4 Å².